The highest BCUT2D eigenvalue weighted by atomic mass is 14.6. The summed E-state index contributed by atoms with van der Waals surface area (Å²) in [5, 5.41) is 54.0. The first-order valence-corrected chi connectivity index (χ1v) is 4.50. The van der Waals surface area contributed by atoms with Crippen molar-refractivity contribution >= 4 is 0 Å². The van der Waals surface area contributed by atoms with Crippen molar-refractivity contribution in [2.75, 3.05) is 0 Å². The second kappa shape index (κ2) is 4.12. The molecule has 0 atom stereocenters. The normalized spacial score (nSPS) is 18.1. The average molecular weight is 230 g/mol. The number of nitriles is 6. The Labute approximate surface area is 103 Å². The van der Waals surface area contributed by atoms with Gasteiger partial charge in [0.2, 0.25) is 0 Å². The first-order chi connectivity index (χ1) is 8.58. The van der Waals surface area contributed by atoms with Gasteiger partial charge in [0.1, 0.15) is 12.1 Å². The minimum Gasteiger partial charge on any atom is -0.196 e. The van der Waals surface area contributed by atoms with Crippen molar-refractivity contribution in [1.29, 1.82) is 31.6 Å². The van der Waals surface area contributed by atoms with Crippen molar-refractivity contribution in [3.63, 3.8) is 0 Å². The number of hydrogen-bond donors (Lipinski definition) is 0. The predicted octanol–water partition coefficient (Wildman–Crippen LogP) is 0.967. The zero-order valence-corrected chi connectivity index (χ0v) is 8.84. The fourth-order valence-corrected chi connectivity index (χ4v) is 1.53. The summed E-state index contributed by atoms with van der Waals surface area (Å²) in [7, 11) is 0. The molecule has 0 aromatic heterocycles. The summed E-state index contributed by atoms with van der Waals surface area (Å²) in [6, 6.07) is 9.65. The molecule has 6 heteroatoms. The van der Waals surface area contributed by atoms with Gasteiger partial charge in [-0.3, -0.25) is 0 Å². The molecule has 18 heavy (non-hydrogen) atoms. The Bertz CT molecular complexity index is 619. The molecule has 6 nitrogen and oxygen atoms in total. The van der Waals surface area contributed by atoms with E-state index in [2.05, 4.69) is 0 Å². The highest BCUT2D eigenvalue weighted by molar-refractivity contribution is 5.62. The van der Waals surface area contributed by atoms with Crippen molar-refractivity contribution in [2.45, 2.75) is 0 Å². The van der Waals surface area contributed by atoms with Crippen LogP contribution in [0.4, 0.5) is 0 Å². The van der Waals surface area contributed by atoms with E-state index in [1.54, 1.807) is 36.4 Å². The molecule has 1 aliphatic rings. The molecule has 0 bridgehead atoms. The second-order valence-corrected chi connectivity index (χ2v) is 3.40. The molecule has 0 fully saturated rings. The zero-order valence-electron chi connectivity index (χ0n) is 8.84. The van der Waals surface area contributed by atoms with Crippen LogP contribution in [0.3, 0.4) is 0 Å². The lowest BCUT2D eigenvalue weighted by Crippen LogP contribution is -2.37. The van der Waals surface area contributed by atoms with Gasteiger partial charge in [0.15, 0.2) is 10.8 Å². The third-order valence-corrected chi connectivity index (χ3v) is 2.58. The summed E-state index contributed by atoms with van der Waals surface area (Å²) in [6.07, 6.45) is 1.80. The molecule has 0 radical (unpaired) electrons. The van der Waals surface area contributed by atoms with E-state index in [1.807, 2.05) is 0 Å². The topological polar surface area (TPSA) is 143 Å². The summed E-state index contributed by atoms with van der Waals surface area (Å²) in [5.41, 5.74) is -4.58. The van der Waals surface area contributed by atoms with Gasteiger partial charge in [0.05, 0.1) is 35.4 Å². The van der Waals surface area contributed by atoms with Crippen LogP contribution >= 0.6 is 0 Å². The maximum atomic E-state index is 9.07. The summed E-state index contributed by atoms with van der Waals surface area (Å²) in [5.74, 6) is 0. The van der Waals surface area contributed by atoms with Gasteiger partial charge < -0.3 is 0 Å². The van der Waals surface area contributed by atoms with Crippen LogP contribution in [-0.4, -0.2) is 0 Å². The average Bonchev–Trinajstić information content (AvgIpc) is 2.45. The summed E-state index contributed by atoms with van der Waals surface area (Å²) < 4.78 is 0. The smallest absolute Gasteiger partial charge is 0.196 e. The highest BCUT2D eigenvalue weighted by Gasteiger charge is 2.55. The fourth-order valence-electron chi connectivity index (χ4n) is 1.53. The van der Waals surface area contributed by atoms with Crippen LogP contribution in [-0.2, 0) is 0 Å². The minimum atomic E-state index is -2.10. The van der Waals surface area contributed by atoms with Crippen LogP contribution in [0.15, 0.2) is 23.3 Å². The van der Waals surface area contributed by atoms with E-state index in [4.69, 9.17) is 31.6 Å². The Morgan fingerprint density at radius 1 is 0.611 bits per heavy atom. The van der Waals surface area contributed by atoms with E-state index < -0.39 is 10.8 Å². The molecule has 0 unspecified atom stereocenters. The minimum absolute atomic E-state index is 0.193. The Balaban J connectivity index is 3.80. The second-order valence-electron chi connectivity index (χ2n) is 3.40. The molecule has 1 aliphatic carbocycles. The monoisotopic (exact) mass is 230 g/mol. The molecule has 0 aromatic carbocycles. The van der Waals surface area contributed by atoms with Gasteiger partial charge in [-0.2, -0.15) is 31.6 Å². The predicted molar refractivity (Wildman–Crippen MR) is 54.7 cm³/mol. The maximum Gasteiger partial charge on any atom is 0.198 e. The van der Waals surface area contributed by atoms with Gasteiger partial charge in [-0.1, -0.05) is 0 Å². The molecule has 0 saturated heterocycles. The Kier molecular flexibility index (Phi) is 2.86. The molecule has 0 heterocycles. The summed E-state index contributed by atoms with van der Waals surface area (Å²) in [4.78, 5) is 0. The Hall–Kier alpha value is -3.58. The molecule has 0 spiro atoms. The quantitative estimate of drug-likeness (QED) is 0.606. The lowest BCUT2D eigenvalue weighted by Gasteiger charge is -2.29. The standard InChI is InChI=1S/C12H2N6/c13-3-9-1-11(5-15,6-16)12(7-17,8-18)2-10(9)4-14/h1-2H. The lowest BCUT2D eigenvalue weighted by atomic mass is 9.62. The van der Waals surface area contributed by atoms with Gasteiger partial charge in [0, 0.05) is 0 Å². The SMILES string of the molecule is N#CC1=CC(C#N)(C#N)C(C#N)(C#N)C=C1C#N. The lowest BCUT2D eigenvalue weighted by molar-refractivity contribution is 0.447. The zero-order chi connectivity index (χ0) is 13.8. The van der Waals surface area contributed by atoms with Crippen molar-refractivity contribution in [2.24, 2.45) is 10.8 Å². The van der Waals surface area contributed by atoms with Crippen LogP contribution < -0.4 is 0 Å². The van der Waals surface area contributed by atoms with Crippen molar-refractivity contribution in [1.82, 2.24) is 0 Å². The largest absolute Gasteiger partial charge is 0.198 e. The number of nitrogens with zero attached hydrogens (tertiary/aromatic N) is 6. The molecular weight excluding hydrogens is 228 g/mol. The van der Waals surface area contributed by atoms with Crippen LogP contribution in [0.25, 0.3) is 0 Å². The van der Waals surface area contributed by atoms with E-state index in [9.17, 15) is 0 Å². The van der Waals surface area contributed by atoms with Crippen LogP contribution in [0.1, 0.15) is 0 Å². The van der Waals surface area contributed by atoms with Gasteiger partial charge >= 0.3 is 0 Å². The highest BCUT2D eigenvalue weighted by Crippen LogP contribution is 2.46. The van der Waals surface area contributed by atoms with Crippen LogP contribution in [0.5, 0.6) is 0 Å². The van der Waals surface area contributed by atoms with E-state index >= 15 is 0 Å². The van der Waals surface area contributed by atoms with Crippen molar-refractivity contribution in [3.05, 3.63) is 23.3 Å². The van der Waals surface area contributed by atoms with Crippen molar-refractivity contribution < 1.29 is 0 Å². The maximum absolute atomic E-state index is 9.07. The first kappa shape index (κ1) is 12.5. The van der Waals surface area contributed by atoms with Crippen molar-refractivity contribution in [3.8, 4) is 36.4 Å². The molecule has 0 saturated carbocycles. The molecular formula is C12H2N6. The van der Waals surface area contributed by atoms with Gasteiger partial charge in [0.25, 0.3) is 0 Å². The van der Waals surface area contributed by atoms with E-state index in [1.165, 1.54) is 0 Å². The van der Waals surface area contributed by atoms with Crippen LogP contribution in [0, 0.1) is 78.8 Å². The van der Waals surface area contributed by atoms with Gasteiger partial charge in [-0.25, -0.2) is 0 Å². The molecule has 0 aliphatic heterocycles. The van der Waals surface area contributed by atoms with E-state index in [0.717, 1.165) is 12.2 Å². The number of allylic oxidation sites excluding steroid dienone is 4. The number of rotatable bonds is 0. The molecule has 0 N–H and O–H groups in total. The Morgan fingerprint density at radius 3 is 1.06 bits per heavy atom. The van der Waals surface area contributed by atoms with Gasteiger partial charge in [-0.15, -0.1) is 0 Å². The summed E-state index contributed by atoms with van der Waals surface area (Å²) >= 11 is 0. The van der Waals surface area contributed by atoms with E-state index in [0.29, 0.717) is 0 Å². The van der Waals surface area contributed by atoms with Crippen LogP contribution in [0.2, 0.25) is 0 Å². The summed E-state index contributed by atoms with van der Waals surface area (Å²) in [6.45, 7) is 0. The Morgan fingerprint density at radius 2 is 0.889 bits per heavy atom. The first-order valence-electron chi connectivity index (χ1n) is 4.50. The van der Waals surface area contributed by atoms with Gasteiger partial charge in [-0.05, 0) is 12.2 Å². The number of hydrogen-bond acceptors (Lipinski definition) is 6. The van der Waals surface area contributed by atoms with E-state index in [-0.39, 0.29) is 11.1 Å². The molecule has 80 valence electrons. The fraction of sp³-hybridized carbons (Fsp3) is 0.167. The molecule has 1 rings (SSSR count). The third kappa shape index (κ3) is 1.29. The third-order valence-electron chi connectivity index (χ3n) is 2.58. The molecule has 0 amide bonds. The molecule has 0 aromatic rings.